The van der Waals surface area contributed by atoms with E-state index in [1.165, 1.54) is 12.1 Å². The Labute approximate surface area is 143 Å². The van der Waals surface area contributed by atoms with E-state index in [-0.39, 0.29) is 6.61 Å². The topological polar surface area (TPSA) is 52.6 Å². The Morgan fingerprint density at radius 1 is 0.957 bits per heavy atom. The number of rotatable bonds is 5. The van der Waals surface area contributed by atoms with Crippen LogP contribution >= 0.6 is 23.2 Å². The first kappa shape index (κ1) is 17.3. The maximum absolute atomic E-state index is 11.9. The lowest BCUT2D eigenvalue weighted by atomic mass is 10.2. The molecule has 0 spiro atoms. The van der Waals surface area contributed by atoms with Crippen LogP contribution in [0, 0.1) is 0 Å². The number of carbonyl (C=O) groups excluding carboxylic acids is 2. The molecule has 4 nitrogen and oxygen atoms in total. The standard InChI is InChI=1S/C17H14Cl2O4/c1-11(23-17(21)13-5-3-7-15(19)9-13)10-22-16(20)12-4-2-6-14(18)8-12/h2-9,11H,10H2,1H3. The largest absolute Gasteiger partial charge is 0.458 e. The maximum Gasteiger partial charge on any atom is 0.338 e. The SMILES string of the molecule is CC(COC(=O)c1cccc(Cl)c1)OC(=O)c1cccc(Cl)c1. The van der Waals surface area contributed by atoms with E-state index in [9.17, 15) is 9.59 Å². The smallest absolute Gasteiger partial charge is 0.338 e. The molecular weight excluding hydrogens is 339 g/mol. The van der Waals surface area contributed by atoms with Crippen LogP contribution in [0.3, 0.4) is 0 Å². The molecule has 0 heterocycles. The summed E-state index contributed by atoms with van der Waals surface area (Å²) in [6, 6.07) is 12.8. The first-order valence-electron chi connectivity index (χ1n) is 6.85. The van der Waals surface area contributed by atoms with Gasteiger partial charge in [0.1, 0.15) is 12.7 Å². The van der Waals surface area contributed by atoms with Crippen LogP contribution in [0.15, 0.2) is 48.5 Å². The van der Waals surface area contributed by atoms with E-state index in [0.29, 0.717) is 21.2 Å². The molecule has 0 aliphatic heterocycles. The lowest BCUT2D eigenvalue weighted by Gasteiger charge is -2.14. The second-order valence-electron chi connectivity index (χ2n) is 4.84. The summed E-state index contributed by atoms with van der Waals surface area (Å²) in [4.78, 5) is 23.8. The number of hydrogen-bond donors (Lipinski definition) is 0. The summed E-state index contributed by atoms with van der Waals surface area (Å²) in [5, 5.41) is 0.888. The molecule has 0 amide bonds. The van der Waals surface area contributed by atoms with Gasteiger partial charge in [0.05, 0.1) is 11.1 Å². The van der Waals surface area contributed by atoms with Crippen molar-refractivity contribution in [1.29, 1.82) is 0 Å². The molecule has 0 aliphatic rings. The molecule has 6 heteroatoms. The fourth-order valence-electron chi connectivity index (χ4n) is 1.79. The highest BCUT2D eigenvalue weighted by atomic mass is 35.5. The van der Waals surface area contributed by atoms with Gasteiger partial charge in [-0.25, -0.2) is 9.59 Å². The molecule has 2 rings (SSSR count). The van der Waals surface area contributed by atoms with Gasteiger partial charge >= 0.3 is 11.9 Å². The second-order valence-corrected chi connectivity index (χ2v) is 5.71. The molecule has 0 saturated heterocycles. The van der Waals surface area contributed by atoms with Gasteiger partial charge in [0, 0.05) is 10.0 Å². The van der Waals surface area contributed by atoms with Crippen LogP contribution in [-0.4, -0.2) is 24.6 Å². The fraction of sp³-hybridized carbons (Fsp3) is 0.176. The van der Waals surface area contributed by atoms with E-state index < -0.39 is 18.0 Å². The van der Waals surface area contributed by atoms with E-state index >= 15 is 0 Å². The van der Waals surface area contributed by atoms with Gasteiger partial charge in [0.2, 0.25) is 0 Å². The lowest BCUT2D eigenvalue weighted by Crippen LogP contribution is -2.22. The number of hydrogen-bond acceptors (Lipinski definition) is 4. The molecule has 0 aliphatic carbocycles. The average Bonchev–Trinajstić information content (AvgIpc) is 2.52. The Morgan fingerprint density at radius 3 is 2.00 bits per heavy atom. The van der Waals surface area contributed by atoms with Gasteiger partial charge in [0.15, 0.2) is 0 Å². The summed E-state index contributed by atoms with van der Waals surface area (Å²) >= 11 is 11.6. The van der Waals surface area contributed by atoms with E-state index in [1.54, 1.807) is 43.3 Å². The summed E-state index contributed by atoms with van der Waals surface area (Å²) < 4.78 is 10.3. The van der Waals surface area contributed by atoms with Crippen molar-refractivity contribution >= 4 is 35.1 Å². The second kappa shape index (κ2) is 7.99. The van der Waals surface area contributed by atoms with Crippen molar-refractivity contribution in [2.24, 2.45) is 0 Å². The van der Waals surface area contributed by atoms with Crippen LogP contribution < -0.4 is 0 Å². The van der Waals surface area contributed by atoms with E-state index in [0.717, 1.165) is 0 Å². The minimum atomic E-state index is -0.593. The van der Waals surface area contributed by atoms with E-state index in [1.807, 2.05) is 0 Å². The van der Waals surface area contributed by atoms with Crippen LogP contribution in [0.25, 0.3) is 0 Å². The highest BCUT2D eigenvalue weighted by molar-refractivity contribution is 6.31. The number of carbonyl (C=O) groups is 2. The summed E-state index contributed by atoms with van der Waals surface area (Å²) in [5.41, 5.74) is 0.677. The molecule has 120 valence electrons. The van der Waals surface area contributed by atoms with Gasteiger partial charge in [0.25, 0.3) is 0 Å². The molecule has 1 atom stereocenters. The molecular formula is C17H14Cl2O4. The minimum Gasteiger partial charge on any atom is -0.458 e. The molecule has 0 aromatic heterocycles. The molecule has 0 bridgehead atoms. The Balaban J connectivity index is 1.86. The molecule has 0 N–H and O–H groups in total. The molecule has 2 aromatic carbocycles. The Hall–Kier alpha value is -2.04. The lowest BCUT2D eigenvalue weighted by molar-refractivity contribution is 0.00448. The molecule has 2 aromatic rings. The Morgan fingerprint density at radius 2 is 1.48 bits per heavy atom. The van der Waals surface area contributed by atoms with Gasteiger partial charge < -0.3 is 9.47 Å². The van der Waals surface area contributed by atoms with Gasteiger partial charge in [-0.2, -0.15) is 0 Å². The highest BCUT2D eigenvalue weighted by Crippen LogP contribution is 2.14. The van der Waals surface area contributed by atoms with Crippen LogP contribution in [0.4, 0.5) is 0 Å². The summed E-state index contributed by atoms with van der Waals surface area (Å²) in [5.74, 6) is -1.06. The zero-order chi connectivity index (χ0) is 16.8. The molecule has 23 heavy (non-hydrogen) atoms. The molecule has 0 fully saturated rings. The van der Waals surface area contributed by atoms with Crippen molar-refractivity contribution in [3.05, 3.63) is 69.7 Å². The van der Waals surface area contributed by atoms with Crippen LogP contribution in [-0.2, 0) is 9.47 Å². The minimum absolute atomic E-state index is 0.0579. The average molecular weight is 353 g/mol. The molecule has 1 unspecified atom stereocenters. The first-order chi connectivity index (χ1) is 11.0. The zero-order valence-corrected chi connectivity index (χ0v) is 13.8. The Kier molecular flexibility index (Phi) is 6.02. The van der Waals surface area contributed by atoms with Crippen molar-refractivity contribution in [2.45, 2.75) is 13.0 Å². The van der Waals surface area contributed by atoms with Crippen LogP contribution in [0.5, 0.6) is 0 Å². The van der Waals surface area contributed by atoms with Crippen molar-refractivity contribution in [3.8, 4) is 0 Å². The normalized spacial score (nSPS) is 11.6. The Bertz CT molecular complexity index is 715. The van der Waals surface area contributed by atoms with Crippen molar-refractivity contribution < 1.29 is 19.1 Å². The van der Waals surface area contributed by atoms with Crippen molar-refractivity contribution in [2.75, 3.05) is 6.61 Å². The molecule has 0 radical (unpaired) electrons. The zero-order valence-electron chi connectivity index (χ0n) is 12.3. The number of esters is 2. The third-order valence-electron chi connectivity index (χ3n) is 2.88. The quantitative estimate of drug-likeness (QED) is 0.748. The summed E-state index contributed by atoms with van der Waals surface area (Å²) in [6.07, 6.45) is -0.593. The fourth-order valence-corrected chi connectivity index (χ4v) is 2.17. The molecule has 0 saturated carbocycles. The van der Waals surface area contributed by atoms with Crippen molar-refractivity contribution in [3.63, 3.8) is 0 Å². The first-order valence-corrected chi connectivity index (χ1v) is 7.60. The predicted molar refractivity (Wildman–Crippen MR) is 88.1 cm³/mol. The van der Waals surface area contributed by atoms with Crippen molar-refractivity contribution in [1.82, 2.24) is 0 Å². The summed E-state index contributed by atoms with van der Waals surface area (Å²) in [6.45, 7) is 1.57. The monoisotopic (exact) mass is 352 g/mol. The predicted octanol–water partition coefficient (Wildman–Crippen LogP) is 4.40. The number of ether oxygens (including phenoxy) is 2. The third-order valence-corrected chi connectivity index (χ3v) is 3.35. The van der Waals surface area contributed by atoms with E-state index in [2.05, 4.69) is 0 Å². The summed E-state index contributed by atoms with van der Waals surface area (Å²) in [7, 11) is 0. The van der Waals surface area contributed by atoms with Crippen LogP contribution in [0.1, 0.15) is 27.6 Å². The number of benzene rings is 2. The van der Waals surface area contributed by atoms with E-state index in [4.69, 9.17) is 32.7 Å². The highest BCUT2D eigenvalue weighted by Gasteiger charge is 2.15. The maximum atomic E-state index is 11.9. The van der Waals surface area contributed by atoms with Gasteiger partial charge in [-0.15, -0.1) is 0 Å². The van der Waals surface area contributed by atoms with Gasteiger partial charge in [-0.1, -0.05) is 35.3 Å². The third kappa shape index (κ3) is 5.27. The van der Waals surface area contributed by atoms with Gasteiger partial charge in [-0.3, -0.25) is 0 Å². The number of halogens is 2. The van der Waals surface area contributed by atoms with Crippen LogP contribution in [0.2, 0.25) is 10.0 Å². The van der Waals surface area contributed by atoms with Gasteiger partial charge in [-0.05, 0) is 43.3 Å².